The number of hydrazine groups is 1. The van der Waals surface area contributed by atoms with Crippen molar-refractivity contribution in [3.05, 3.63) is 54.8 Å². The minimum atomic E-state index is -0.104. The fourth-order valence-corrected chi connectivity index (χ4v) is 1.79. The van der Waals surface area contributed by atoms with Crippen LogP contribution in [0, 0.1) is 5.92 Å². The Balaban J connectivity index is 2.12. The molecule has 0 bridgehead atoms. The molecule has 1 unspecified atom stereocenters. The molecule has 0 fully saturated rings. The van der Waals surface area contributed by atoms with Gasteiger partial charge in [-0.05, 0) is 25.5 Å². The Labute approximate surface area is 101 Å². The molecule has 0 spiro atoms. The molecule has 0 aromatic heterocycles. The Kier molecular flexibility index (Phi) is 3.28. The zero-order valence-electron chi connectivity index (χ0n) is 9.89. The Morgan fingerprint density at radius 2 is 2.12 bits per heavy atom. The van der Waals surface area contributed by atoms with E-state index in [0.717, 1.165) is 11.3 Å². The lowest BCUT2D eigenvalue weighted by atomic mass is 9.99. The van der Waals surface area contributed by atoms with E-state index in [2.05, 4.69) is 12.0 Å². The molecule has 1 aliphatic heterocycles. The lowest BCUT2D eigenvalue weighted by molar-refractivity contribution is -0.124. The summed E-state index contributed by atoms with van der Waals surface area (Å²) in [5, 5.41) is 1.73. The van der Waals surface area contributed by atoms with Crippen molar-refractivity contribution >= 4 is 11.6 Å². The summed E-state index contributed by atoms with van der Waals surface area (Å²) in [7, 11) is 0. The second-order valence-electron chi connectivity index (χ2n) is 4.29. The van der Waals surface area contributed by atoms with Crippen LogP contribution in [0.15, 0.2) is 54.8 Å². The third kappa shape index (κ3) is 2.75. The van der Waals surface area contributed by atoms with Crippen LogP contribution in [-0.2, 0) is 4.79 Å². The molecule has 17 heavy (non-hydrogen) atoms. The van der Waals surface area contributed by atoms with Gasteiger partial charge in [-0.2, -0.15) is 0 Å². The molecule has 1 heterocycles. The molecule has 1 amide bonds. The molecule has 0 radical (unpaired) electrons. The molecule has 3 nitrogen and oxygen atoms in total. The van der Waals surface area contributed by atoms with Gasteiger partial charge >= 0.3 is 0 Å². The van der Waals surface area contributed by atoms with Crippen LogP contribution >= 0.6 is 0 Å². The number of amides is 1. The van der Waals surface area contributed by atoms with Crippen LogP contribution in [0.3, 0.4) is 0 Å². The second kappa shape index (κ2) is 4.87. The fourth-order valence-electron chi connectivity index (χ4n) is 1.79. The maximum absolute atomic E-state index is 11.9. The van der Waals surface area contributed by atoms with Crippen LogP contribution < -0.4 is 10.4 Å². The fraction of sp³-hybridized carbons (Fsp3) is 0.214. The highest BCUT2D eigenvalue weighted by molar-refractivity contribution is 5.84. The SMILES string of the molecule is C=C(C)CC1C=CN(c2ccccc2)NC1=O. The van der Waals surface area contributed by atoms with Gasteiger partial charge < -0.3 is 0 Å². The third-order valence-electron chi connectivity index (χ3n) is 2.64. The van der Waals surface area contributed by atoms with Gasteiger partial charge in [0, 0.05) is 6.20 Å². The van der Waals surface area contributed by atoms with E-state index in [-0.39, 0.29) is 11.8 Å². The van der Waals surface area contributed by atoms with Gasteiger partial charge in [0.15, 0.2) is 0 Å². The van der Waals surface area contributed by atoms with E-state index >= 15 is 0 Å². The average Bonchev–Trinajstić information content (AvgIpc) is 2.32. The molecule has 1 aromatic carbocycles. The van der Waals surface area contributed by atoms with E-state index in [1.807, 2.05) is 49.5 Å². The smallest absolute Gasteiger partial charge is 0.246 e. The van der Waals surface area contributed by atoms with E-state index in [4.69, 9.17) is 0 Å². The number of hydrogen-bond donors (Lipinski definition) is 1. The second-order valence-corrected chi connectivity index (χ2v) is 4.29. The molecule has 3 heteroatoms. The Hall–Kier alpha value is -2.03. The molecule has 1 aromatic rings. The summed E-state index contributed by atoms with van der Waals surface area (Å²) >= 11 is 0. The number of para-hydroxylation sites is 1. The Bertz CT molecular complexity index is 451. The van der Waals surface area contributed by atoms with Gasteiger partial charge in [-0.25, -0.2) is 0 Å². The molecule has 88 valence electrons. The van der Waals surface area contributed by atoms with Crippen molar-refractivity contribution in [1.82, 2.24) is 5.43 Å². The highest BCUT2D eigenvalue weighted by atomic mass is 16.2. The van der Waals surface area contributed by atoms with Gasteiger partial charge in [0.2, 0.25) is 5.91 Å². The minimum Gasteiger partial charge on any atom is -0.273 e. The lowest BCUT2D eigenvalue weighted by Crippen LogP contribution is -2.45. The zero-order chi connectivity index (χ0) is 12.3. The molecule has 0 aliphatic carbocycles. The number of allylic oxidation sites excluding steroid dienone is 1. The third-order valence-corrected chi connectivity index (χ3v) is 2.64. The van der Waals surface area contributed by atoms with Crippen LogP contribution in [0.25, 0.3) is 0 Å². The van der Waals surface area contributed by atoms with Crippen molar-refractivity contribution < 1.29 is 4.79 Å². The van der Waals surface area contributed by atoms with Gasteiger partial charge in [0.05, 0.1) is 11.6 Å². The molecule has 0 saturated carbocycles. The van der Waals surface area contributed by atoms with Crippen molar-refractivity contribution in [3.63, 3.8) is 0 Å². The Morgan fingerprint density at radius 1 is 1.41 bits per heavy atom. The first-order chi connectivity index (χ1) is 8.16. The van der Waals surface area contributed by atoms with Crippen LogP contribution in [0.2, 0.25) is 0 Å². The molecular formula is C14H16N2O. The average molecular weight is 228 g/mol. The molecule has 2 rings (SSSR count). The first-order valence-corrected chi connectivity index (χ1v) is 5.64. The maximum Gasteiger partial charge on any atom is 0.246 e. The van der Waals surface area contributed by atoms with E-state index in [1.54, 1.807) is 5.01 Å². The van der Waals surface area contributed by atoms with Crippen LogP contribution in [0.1, 0.15) is 13.3 Å². The summed E-state index contributed by atoms with van der Waals surface area (Å²) in [5.41, 5.74) is 4.82. The summed E-state index contributed by atoms with van der Waals surface area (Å²) in [6.45, 7) is 5.77. The molecular weight excluding hydrogens is 212 g/mol. The zero-order valence-corrected chi connectivity index (χ0v) is 9.89. The van der Waals surface area contributed by atoms with Crippen LogP contribution in [0.5, 0.6) is 0 Å². The topological polar surface area (TPSA) is 32.3 Å². The number of carbonyl (C=O) groups is 1. The molecule has 1 aliphatic rings. The van der Waals surface area contributed by atoms with Crippen molar-refractivity contribution in [2.24, 2.45) is 5.92 Å². The molecule has 1 atom stereocenters. The van der Waals surface area contributed by atoms with Gasteiger partial charge in [-0.15, -0.1) is 6.58 Å². The predicted octanol–water partition coefficient (Wildman–Crippen LogP) is 2.63. The largest absolute Gasteiger partial charge is 0.273 e. The lowest BCUT2D eigenvalue weighted by Gasteiger charge is -2.28. The van der Waals surface area contributed by atoms with Crippen molar-refractivity contribution in [2.45, 2.75) is 13.3 Å². The highest BCUT2D eigenvalue weighted by Gasteiger charge is 2.21. The van der Waals surface area contributed by atoms with Gasteiger partial charge in [0.25, 0.3) is 0 Å². The monoisotopic (exact) mass is 228 g/mol. The summed E-state index contributed by atoms with van der Waals surface area (Å²) in [5.74, 6) is -0.0909. The minimum absolute atomic E-state index is 0.0133. The number of hydrogen-bond acceptors (Lipinski definition) is 2. The first-order valence-electron chi connectivity index (χ1n) is 5.64. The van der Waals surface area contributed by atoms with Crippen LogP contribution in [-0.4, -0.2) is 5.91 Å². The summed E-state index contributed by atoms with van der Waals surface area (Å²) in [6, 6.07) is 9.72. The van der Waals surface area contributed by atoms with E-state index in [1.165, 1.54) is 0 Å². The summed E-state index contributed by atoms with van der Waals surface area (Å²) < 4.78 is 0. The van der Waals surface area contributed by atoms with E-state index in [9.17, 15) is 4.79 Å². The Morgan fingerprint density at radius 3 is 2.71 bits per heavy atom. The standard InChI is InChI=1S/C14H16N2O/c1-11(2)10-12-8-9-16(15-14(12)17)13-6-4-3-5-7-13/h3-9,12H,1,10H2,2H3,(H,15,17). The van der Waals surface area contributed by atoms with Crippen molar-refractivity contribution in [3.8, 4) is 0 Å². The molecule has 1 N–H and O–H groups in total. The number of anilines is 1. The number of benzene rings is 1. The van der Waals surface area contributed by atoms with E-state index in [0.29, 0.717) is 6.42 Å². The number of nitrogens with one attached hydrogen (secondary N) is 1. The number of rotatable bonds is 3. The van der Waals surface area contributed by atoms with Gasteiger partial charge in [-0.3, -0.25) is 15.2 Å². The number of nitrogens with zero attached hydrogens (tertiary/aromatic N) is 1. The predicted molar refractivity (Wildman–Crippen MR) is 69.1 cm³/mol. The number of carbonyl (C=O) groups excluding carboxylic acids is 1. The quantitative estimate of drug-likeness (QED) is 0.807. The highest BCUT2D eigenvalue weighted by Crippen LogP contribution is 2.19. The van der Waals surface area contributed by atoms with Gasteiger partial charge in [0.1, 0.15) is 0 Å². The van der Waals surface area contributed by atoms with Crippen LogP contribution in [0.4, 0.5) is 5.69 Å². The van der Waals surface area contributed by atoms with Gasteiger partial charge in [-0.1, -0.05) is 29.8 Å². The van der Waals surface area contributed by atoms with Crippen molar-refractivity contribution in [2.75, 3.05) is 5.01 Å². The van der Waals surface area contributed by atoms with E-state index < -0.39 is 0 Å². The first kappa shape index (κ1) is 11.5. The normalized spacial score (nSPS) is 19.0. The maximum atomic E-state index is 11.9. The summed E-state index contributed by atoms with van der Waals surface area (Å²) in [6.07, 6.45) is 4.51. The summed E-state index contributed by atoms with van der Waals surface area (Å²) in [4.78, 5) is 11.9. The molecule has 0 saturated heterocycles. The van der Waals surface area contributed by atoms with Crippen molar-refractivity contribution in [1.29, 1.82) is 0 Å².